The summed E-state index contributed by atoms with van der Waals surface area (Å²) in [6.45, 7) is 0. The number of aliphatic hydroxyl groups excluding tert-OH is 1. The van der Waals surface area contributed by atoms with Gasteiger partial charge in [0.2, 0.25) is 0 Å². The molecule has 1 atom stereocenters. The summed E-state index contributed by atoms with van der Waals surface area (Å²) >= 11 is 0. The molecule has 82 valence electrons. The van der Waals surface area contributed by atoms with Crippen molar-refractivity contribution < 1.29 is 24.5 Å². The predicted octanol–water partition coefficient (Wildman–Crippen LogP) is 0.493. The Morgan fingerprint density at radius 1 is 1.31 bits per heavy atom. The Labute approximate surface area is 91.3 Å². The van der Waals surface area contributed by atoms with Gasteiger partial charge in [-0.25, -0.2) is 9.59 Å². The van der Waals surface area contributed by atoms with Crippen molar-refractivity contribution in [2.24, 2.45) is 0 Å². The van der Waals surface area contributed by atoms with Crippen LogP contribution >= 0.6 is 0 Å². The van der Waals surface area contributed by atoms with Gasteiger partial charge in [0.05, 0.1) is 11.1 Å². The smallest absolute Gasteiger partial charge is 0.342 e. The average Bonchev–Trinajstić information content (AvgIpc) is 2.28. The minimum Gasteiger partial charge on any atom is -0.478 e. The largest absolute Gasteiger partial charge is 0.478 e. The molecule has 1 aromatic rings. The fourth-order valence-corrected chi connectivity index (χ4v) is 1.05. The van der Waals surface area contributed by atoms with E-state index in [1.807, 2.05) is 0 Å². The first-order chi connectivity index (χ1) is 7.56. The van der Waals surface area contributed by atoms with Crippen LogP contribution in [0.25, 0.3) is 0 Å². The molecule has 0 spiro atoms. The van der Waals surface area contributed by atoms with E-state index in [1.54, 1.807) is 5.92 Å². The van der Waals surface area contributed by atoms with Crippen molar-refractivity contribution in [1.29, 1.82) is 0 Å². The number of rotatable bonds is 3. The first kappa shape index (κ1) is 11.8. The molecular formula is C11H8O5. The molecule has 0 heterocycles. The van der Waals surface area contributed by atoms with Gasteiger partial charge in [-0.3, -0.25) is 0 Å². The molecule has 0 saturated carbocycles. The molecule has 0 unspecified atom stereocenters. The topological polar surface area (TPSA) is 83.8 Å². The highest BCUT2D eigenvalue weighted by Crippen LogP contribution is 2.10. The molecule has 1 rings (SSSR count). The van der Waals surface area contributed by atoms with Crippen molar-refractivity contribution in [3.63, 3.8) is 0 Å². The van der Waals surface area contributed by atoms with Crippen molar-refractivity contribution in [2.45, 2.75) is 6.29 Å². The number of aliphatic hydroxyl groups is 1. The Morgan fingerprint density at radius 2 is 1.88 bits per heavy atom. The van der Waals surface area contributed by atoms with Gasteiger partial charge >= 0.3 is 11.9 Å². The molecule has 0 aromatic heterocycles. The summed E-state index contributed by atoms with van der Waals surface area (Å²) in [5.41, 5.74) is -0.374. The number of aromatic carboxylic acids is 1. The maximum absolute atomic E-state index is 11.4. The fraction of sp³-hybridized carbons (Fsp3) is 0.0909. The van der Waals surface area contributed by atoms with Crippen molar-refractivity contribution in [3.05, 3.63) is 35.4 Å². The van der Waals surface area contributed by atoms with Crippen molar-refractivity contribution >= 4 is 11.9 Å². The standard InChI is InChI=1S/C11H8O5/c1-2-9(12)16-11(15)8-6-4-3-5-7(8)10(13)14/h1,3-6,9,12H,(H,13,14)/t9-/m1/s1. The number of terminal acetylenes is 1. The molecule has 0 radical (unpaired) electrons. The summed E-state index contributed by atoms with van der Waals surface area (Å²) in [6.07, 6.45) is 3.12. The van der Waals surface area contributed by atoms with E-state index in [2.05, 4.69) is 4.74 Å². The Hall–Kier alpha value is -2.32. The van der Waals surface area contributed by atoms with Crippen LogP contribution in [0.4, 0.5) is 0 Å². The summed E-state index contributed by atoms with van der Waals surface area (Å²) in [4.78, 5) is 22.2. The summed E-state index contributed by atoms with van der Waals surface area (Å²) in [5.74, 6) is -0.465. The van der Waals surface area contributed by atoms with E-state index < -0.39 is 18.2 Å². The van der Waals surface area contributed by atoms with Gasteiger partial charge in [-0.1, -0.05) is 12.1 Å². The van der Waals surface area contributed by atoms with Gasteiger partial charge in [0.25, 0.3) is 6.29 Å². The number of carbonyl (C=O) groups excluding carboxylic acids is 1. The number of carboxylic acid groups (broad SMARTS) is 1. The Balaban J connectivity index is 3.00. The van der Waals surface area contributed by atoms with Crippen LogP contribution in [0.3, 0.4) is 0 Å². The van der Waals surface area contributed by atoms with Gasteiger partial charge in [0.15, 0.2) is 0 Å². The van der Waals surface area contributed by atoms with Gasteiger partial charge in [0.1, 0.15) is 0 Å². The van der Waals surface area contributed by atoms with Crippen LogP contribution in [0.1, 0.15) is 20.7 Å². The molecule has 1 aromatic carbocycles. The lowest BCUT2D eigenvalue weighted by Crippen LogP contribution is -2.18. The van der Waals surface area contributed by atoms with Crippen LogP contribution in [0.5, 0.6) is 0 Å². The van der Waals surface area contributed by atoms with Crippen molar-refractivity contribution in [1.82, 2.24) is 0 Å². The summed E-state index contributed by atoms with van der Waals surface area (Å²) < 4.78 is 4.39. The molecule has 0 saturated heterocycles. The van der Waals surface area contributed by atoms with Crippen LogP contribution in [0.15, 0.2) is 24.3 Å². The molecule has 5 heteroatoms. The highest BCUT2D eigenvalue weighted by Gasteiger charge is 2.18. The second-order valence-corrected chi connectivity index (χ2v) is 2.78. The zero-order valence-electron chi connectivity index (χ0n) is 8.08. The highest BCUT2D eigenvalue weighted by atomic mass is 16.6. The molecule has 0 aliphatic heterocycles. The first-order valence-corrected chi connectivity index (χ1v) is 4.23. The van der Waals surface area contributed by atoms with E-state index in [0.717, 1.165) is 0 Å². The van der Waals surface area contributed by atoms with Gasteiger partial charge in [-0.15, -0.1) is 6.42 Å². The van der Waals surface area contributed by atoms with Crippen LogP contribution in [0.2, 0.25) is 0 Å². The number of esters is 1. The Kier molecular flexibility index (Phi) is 3.64. The monoisotopic (exact) mass is 220 g/mol. The Morgan fingerprint density at radius 3 is 2.38 bits per heavy atom. The van der Waals surface area contributed by atoms with Crippen LogP contribution in [-0.4, -0.2) is 28.4 Å². The lowest BCUT2D eigenvalue weighted by Gasteiger charge is -2.07. The lowest BCUT2D eigenvalue weighted by molar-refractivity contribution is -0.0299. The molecule has 2 N–H and O–H groups in total. The third kappa shape index (κ3) is 2.59. The number of benzene rings is 1. The molecule has 0 aliphatic carbocycles. The first-order valence-electron chi connectivity index (χ1n) is 4.23. The maximum Gasteiger partial charge on any atom is 0.342 e. The molecular weight excluding hydrogens is 212 g/mol. The van der Waals surface area contributed by atoms with Gasteiger partial charge < -0.3 is 14.9 Å². The third-order valence-corrected chi connectivity index (χ3v) is 1.74. The van der Waals surface area contributed by atoms with Gasteiger partial charge in [0, 0.05) is 0 Å². The number of carboxylic acids is 1. The second-order valence-electron chi connectivity index (χ2n) is 2.78. The minimum absolute atomic E-state index is 0.163. The SMILES string of the molecule is C#C[C@H](O)OC(=O)c1ccccc1C(=O)O. The number of hydrogen-bond acceptors (Lipinski definition) is 4. The normalized spacial score (nSPS) is 11.2. The molecule has 0 aliphatic rings. The van der Waals surface area contributed by atoms with Crippen LogP contribution < -0.4 is 0 Å². The fourth-order valence-electron chi connectivity index (χ4n) is 1.05. The zero-order valence-corrected chi connectivity index (χ0v) is 8.08. The number of hydrogen-bond donors (Lipinski definition) is 2. The van der Waals surface area contributed by atoms with Crippen molar-refractivity contribution in [3.8, 4) is 12.3 Å². The summed E-state index contributed by atoms with van der Waals surface area (Å²) in [6, 6.07) is 5.47. The van der Waals surface area contributed by atoms with Crippen LogP contribution in [0, 0.1) is 12.3 Å². The van der Waals surface area contributed by atoms with E-state index in [-0.39, 0.29) is 11.1 Å². The van der Waals surface area contributed by atoms with Crippen molar-refractivity contribution in [2.75, 3.05) is 0 Å². The third-order valence-electron chi connectivity index (χ3n) is 1.74. The van der Waals surface area contributed by atoms with Gasteiger partial charge in [-0.2, -0.15) is 0 Å². The lowest BCUT2D eigenvalue weighted by atomic mass is 10.1. The zero-order chi connectivity index (χ0) is 12.1. The minimum atomic E-state index is -1.69. The quantitative estimate of drug-likeness (QED) is 0.440. The molecule has 0 fully saturated rings. The predicted molar refractivity (Wildman–Crippen MR) is 53.7 cm³/mol. The summed E-state index contributed by atoms with van der Waals surface area (Å²) in [5, 5.41) is 17.7. The van der Waals surface area contributed by atoms with E-state index in [4.69, 9.17) is 16.6 Å². The second kappa shape index (κ2) is 4.96. The van der Waals surface area contributed by atoms with Gasteiger partial charge in [-0.05, 0) is 18.1 Å². The van der Waals surface area contributed by atoms with E-state index in [1.165, 1.54) is 24.3 Å². The number of carbonyl (C=O) groups is 2. The van der Waals surface area contributed by atoms with E-state index >= 15 is 0 Å². The Bertz CT molecular complexity index is 458. The highest BCUT2D eigenvalue weighted by molar-refractivity contribution is 6.02. The van der Waals surface area contributed by atoms with E-state index in [0.29, 0.717) is 0 Å². The molecule has 5 nitrogen and oxygen atoms in total. The van der Waals surface area contributed by atoms with Crippen LogP contribution in [-0.2, 0) is 4.74 Å². The van der Waals surface area contributed by atoms with E-state index in [9.17, 15) is 9.59 Å². The maximum atomic E-state index is 11.4. The number of ether oxygens (including phenoxy) is 1. The molecule has 0 amide bonds. The average molecular weight is 220 g/mol. The molecule has 16 heavy (non-hydrogen) atoms. The summed E-state index contributed by atoms with van der Waals surface area (Å²) in [7, 11) is 0. The molecule has 0 bridgehead atoms.